The van der Waals surface area contributed by atoms with Crippen molar-refractivity contribution >= 4 is 11.9 Å². The van der Waals surface area contributed by atoms with Crippen molar-refractivity contribution in [3.8, 4) is 0 Å². The number of rotatable bonds is 3. The summed E-state index contributed by atoms with van der Waals surface area (Å²) in [5, 5.41) is 17.5. The smallest absolute Gasteiger partial charge is 0.338 e. The van der Waals surface area contributed by atoms with Crippen molar-refractivity contribution in [3.05, 3.63) is 23.5 Å². The van der Waals surface area contributed by atoms with Crippen LogP contribution in [0.1, 0.15) is 39.6 Å². The maximum atomic E-state index is 10.7. The van der Waals surface area contributed by atoms with Crippen LogP contribution in [0.25, 0.3) is 0 Å². The Morgan fingerprint density at radius 2 is 1.57 bits per heavy atom. The quantitative estimate of drug-likeness (QED) is 0.759. The predicted molar refractivity (Wildman–Crippen MR) is 46.6 cm³/mol. The molecule has 5 heteroatoms. The summed E-state index contributed by atoms with van der Waals surface area (Å²) < 4.78 is 1.67. The monoisotopic (exact) mass is 195 g/mol. The Morgan fingerprint density at radius 3 is 1.86 bits per heavy atom. The Balaban J connectivity index is 2.44. The zero-order valence-corrected chi connectivity index (χ0v) is 7.30. The molecular weight excluding hydrogens is 186 g/mol. The first-order valence-electron chi connectivity index (χ1n) is 4.27. The number of hydrogen-bond donors (Lipinski definition) is 2. The summed E-state index contributed by atoms with van der Waals surface area (Å²) in [4.78, 5) is 21.4. The highest BCUT2D eigenvalue weighted by atomic mass is 16.4. The van der Waals surface area contributed by atoms with E-state index in [2.05, 4.69) is 0 Å². The molecule has 0 radical (unpaired) electrons. The molecule has 0 amide bonds. The molecule has 0 saturated heterocycles. The molecule has 2 N–H and O–H groups in total. The predicted octanol–water partition coefficient (Wildman–Crippen LogP) is 1.22. The number of carboxylic acids is 2. The Morgan fingerprint density at radius 1 is 1.14 bits per heavy atom. The first-order valence-corrected chi connectivity index (χ1v) is 4.27. The summed E-state index contributed by atoms with van der Waals surface area (Å²) in [6, 6.07) is 0.293. The van der Waals surface area contributed by atoms with E-state index in [1.165, 1.54) is 12.4 Å². The average Bonchev–Trinajstić information content (AvgIpc) is 2.83. The van der Waals surface area contributed by atoms with Gasteiger partial charge < -0.3 is 14.8 Å². The fourth-order valence-electron chi connectivity index (χ4n) is 1.40. The van der Waals surface area contributed by atoms with Crippen LogP contribution in [0.3, 0.4) is 0 Å². The second-order valence-corrected chi connectivity index (χ2v) is 3.37. The standard InChI is InChI=1S/C9H9NO4/c11-8(12)6-3-10(5-1-2-5)4-7(6)9(13)14/h3-5H,1-2H2,(H,11,12)(H,13,14). The summed E-state index contributed by atoms with van der Waals surface area (Å²) >= 11 is 0. The molecule has 74 valence electrons. The van der Waals surface area contributed by atoms with E-state index in [1.807, 2.05) is 0 Å². The van der Waals surface area contributed by atoms with Gasteiger partial charge in [0.15, 0.2) is 0 Å². The molecule has 0 spiro atoms. The third-order valence-electron chi connectivity index (χ3n) is 2.28. The van der Waals surface area contributed by atoms with Crippen LogP contribution in [0.2, 0.25) is 0 Å². The largest absolute Gasteiger partial charge is 0.478 e. The van der Waals surface area contributed by atoms with E-state index in [0.717, 1.165) is 12.8 Å². The van der Waals surface area contributed by atoms with E-state index in [9.17, 15) is 9.59 Å². The molecule has 1 heterocycles. The van der Waals surface area contributed by atoms with Gasteiger partial charge in [-0.2, -0.15) is 0 Å². The number of aromatic nitrogens is 1. The number of carboxylic acid groups (broad SMARTS) is 2. The average molecular weight is 195 g/mol. The Labute approximate surface area is 79.6 Å². The normalized spacial score (nSPS) is 15.4. The van der Waals surface area contributed by atoms with E-state index in [0.29, 0.717) is 6.04 Å². The van der Waals surface area contributed by atoms with Crippen molar-refractivity contribution in [1.29, 1.82) is 0 Å². The lowest BCUT2D eigenvalue weighted by molar-refractivity contribution is 0.0653. The number of hydrogen-bond acceptors (Lipinski definition) is 2. The van der Waals surface area contributed by atoms with Gasteiger partial charge >= 0.3 is 11.9 Å². The zero-order valence-electron chi connectivity index (χ0n) is 7.30. The van der Waals surface area contributed by atoms with Crippen molar-refractivity contribution in [2.45, 2.75) is 18.9 Å². The highest BCUT2D eigenvalue weighted by molar-refractivity contribution is 6.01. The lowest BCUT2D eigenvalue weighted by Gasteiger charge is -1.94. The summed E-state index contributed by atoms with van der Waals surface area (Å²) in [5.74, 6) is -2.39. The molecule has 0 aromatic carbocycles. The molecule has 1 aromatic rings. The molecule has 14 heavy (non-hydrogen) atoms. The molecule has 0 unspecified atom stereocenters. The van der Waals surface area contributed by atoms with E-state index in [1.54, 1.807) is 4.57 Å². The molecular formula is C9H9NO4. The third-order valence-corrected chi connectivity index (χ3v) is 2.28. The van der Waals surface area contributed by atoms with Crippen molar-refractivity contribution in [1.82, 2.24) is 4.57 Å². The first-order chi connectivity index (χ1) is 6.59. The van der Waals surface area contributed by atoms with Gasteiger partial charge in [0, 0.05) is 18.4 Å². The van der Waals surface area contributed by atoms with Crippen LogP contribution in [0, 0.1) is 0 Å². The van der Waals surface area contributed by atoms with Gasteiger partial charge in [-0.15, -0.1) is 0 Å². The van der Waals surface area contributed by atoms with Crippen molar-refractivity contribution < 1.29 is 19.8 Å². The van der Waals surface area contributed by atoms with Gasteiger partial charge in [-0.3, -0.25) is 0 Å². The second kappa shape index (κ2) is 2.87. The molecule has 2 rings (SSSR count). The lowest BCUT2D eigenvalue weighted by Crippen LogP contribution is -2.03. The molecule has 1 aliphatic rings. The lowest BCUT2D eigenvalue weighted by atomic mass is 10.2. The van der Waals surface area contributed by atoms with Crippen molar-refractivity contribution in [2.24, 2.45) is 0 Å². The van der Waals surface area contributed by atoms with Gasteiger partial charge in [-0.1, -0.05) is 0 Å². The Hall–Kier alpha value is -1.78. The van der Waals surface area contributed by atoms with Crippen LogP contribution >= 0.6 is 0 Å². The van der Waals surface area contributed by atoms with E-state index in [4.69, 9.17) is 10.2 Å². The van der Waals surface area contributed by atoms with Gasteiger partial charge in [-0.25, -0.2) is 9.59 Å². The molecule has 0 bridgehead atoms. The summed E-state index contributed by atoms with van der Waals surface area (Å²) in [6.45, 7) is 0. The SMILES string of the molecule is O=C(O)c1cn(C2CC2)cc1C(=O)O. The van der Waals surface area contributed by atoms with Crippen LogP contribution in [-0.2, 0) is 0 Å². The van der Waals surface area contributed by atoms with Gasteiger partial charge in [0.05, 0.1) is 11.1 Å². The molecule has 0 atom stereocenters. The van der Waals surface area contributed by atoms with E-state index in [-0.39, 0.29) is 11.1 Å². The van der Waals surface area contributed by atoms with Crippen LogP contribution in [0.15, 0.2) is 12.4 Å². The van der Waals surface area contributed by atoms with Crippen LogP contribution in [0.4, 0.5) is 0 Å². The fraction of sp³-hybridized carbons (Fsp3) is 0.333. The Kier molecular flexibility index (Phi) is 1.80. The maximum absolute atomic E-state index is 10.7. The minimum absolute atomic E-state index is 0.135. The number of aromatic carboxylic acids is 2. The van der Waals surface area contributed by atoms with E-state index < -0.39 is 11.9 Å². The van der Waals surface area contributed by atoms with Gasteiger partial charge in [-0.05, 0) is 12.8 Å². The number of nitrogens with zero attached hydrogens (tertiary/aromatic N) is 1. The van der Waals surface area contributed by atoms with Crippen molar-refractivity contribution in [2.75, 3.05) is 0 Å². The zero-order chi connectivity index (χ0) is 10.3. The summed E-state index contributed by atoms with van der Waals surface area (Å²) in [5.41, 5.74) is -0.270. The Bertz CT molecular complexity index is 371. The molecule has 5 nitrogen and oxygen atoms in total. The third kappa shape index (κ3) is 1.37. The molecule has 1 aliphatic carbocycles. The van der Waals surface area contributed by atoms with Gasteiger partial charge in [0.1, 0.15) is 0 Å². The fourth-order valence-corrected chi connectivity index (χ4v) is 1.40. The molecule has 1 fully saturated rings. The van der Waals surface area contributed by atoms with Crippen LogP contribution in [-0.4, -0.2) is 26.7 Å². The van der Waals surface area contributed by atoms with Crippen LogP contribution in [0.5, 0.6) is 0 Å². The highest BCUT2D eigenvalue weighted by Crippen LogP contribution is 2.35. The summed E-state index contributed by atoms with van der Waals surface area (Å²) in [6.07, 6.45) is 4.77. The number of carbonyl (C=O) groups is 2. The minimum Gasteiger partial charge on any atom is -0.478 e. The van der Waals surface area contributed by atoms with Gasteiger partial charge in [0.2, 0.25) is 0 Å². The highest BCUT2D eigenvalue weighted by Gasteiger charge is 2.27. The maximum Gasteiger partial charge on any atom is 0.338 e. The molecule has 1 saturated carbocycles. The minimum atomic E-state index is -1.19. The second-order valence-electron chi connectivity index (χ2n) is 3.37. The molecule has 1 aromatic heterocycles. The van der Waals surface area contributed by atoms with Crippen LogP contribution < -0.4 is 0 Å². The molecule has 0 aliphatic heterocycles. The summed E-state index contributed by atoms with van der Waals surface area (Å²) in [7, 11) is 0. The van der Waals surface area contributed by atoms with Gasteiger partial charge in [0.25, 0.3) is 0 Å². The first kappa shape index (κ1) is 8.80. The van der Waals surface area contributed by atoms with E-state index >= 15 is 0 Å². The van der Waals surface area contributed by atoms with Crippen molar-refractivity contribution in [3.63, 3.8) is 0 Å². The topological polar surface area (TPSA) is 79.5 Å².